The van der Waals surface area contributed by atoms with E-state index >= 15 is 0 Å². The summed E-state index contributed by atoms with van der Waals surface area (Å²) in [6.45, 7) is 1.94. The normalized spacial score (nSPS) is 12.1. The zero-order chi connectivity index (χ0) is 14.1. The van der Waals surface area contributed by atoms with Crippen LogP contribution in [0.5, 0.6) is 0 Å². The number of Topliss-reactive ketones (excluding diaryl/α,β-unsaturated/α-hetero) is 1. The Morgan fingerprint density at radius 2 is 1.50 bits per heavy atom. The van der Waals surface area contributed by atoms with Gasteiger partial charge in [-0.05, 0) is 6.42 Å². The van der Waals surface area contributed by atoms with Crippen LogP contribution in [-0.2, 0) is 28.6 Å². The number of carbonyl (C=O) groups is 3. The van der Waals surface area contributed by atoms with E-state index in [4.69, 9.17) is 4.74 Å². The fraction of sp³-hybridized carbons (Fsp3) is 0.750. The van der Waals surface area contributed by atoms with Crippen LogP contribution >= 0.6 is 0 Å². The van der Waals surface area contributed by atoms with Gasteiger partial charge in [-0.25, -0.2) is 0 Å². The molecule has 6 nitrogen and oxygen atoms in total. The molecular formula is C12H20O6. The number of unbranched alkanes of at least 4 members (excludes halogenated alkanes) is 1. The third-order valence-electron chi connectivity index (χ3n) is 2.56. The van der Waals surface area contributed by atoms with Crippen LogP contribution in [0.1, 0.15) is 26.2 Å². The van der Waals surface area contributed by atoms with E-state index in [1.165, 1.54) is 7.11 Å². The number of hydrogen-bond acceptors (Lipinski definition) is 6. The summed E-state index contributed by atoms with van der Waals surface area (Å²) in [6.07, 6.45) is 0.604. The van der Waals surface area contributed by atoms with Crippen LogP contribution in [0.25, 0.3) is 0 Å². The van der Waals surface area contributed by atoms with Crippen LogP contribution in [0.4, 0.5) is 0 Å². The van der Waals surface area contributed by atoms with Gasteiger partial charge in [-0.15, -0.1) is 0 Å². The van der Waals surface area contributed by atoms with E-state index in [1.54, 1.807) is 0 Å². The smallest absolute Gasteiger partial charge is 0.323 e. The third kappa shape index (κ3) is 4.44. The fourth-order valence-electron chi connectivity index (χ4n) is 1.54. The molecule has 0 aliphatic rings. The lowest BCUT2D eigenvalue weighted by Gasteiger charge is -2.20. The highest BCUT2D eigenvalue weighted by Gasteiger charge is 2.40. The molecule has 0 N–H and O–H groups in total. The van der Waals surface area contributed by atoms with E-state index in [9.17, 15) is 14.4 Å². The molecule has 1 unspecified atom stereocenters. The fourth-order valence-corrected chi connectivity index (χ4v) is 1.54. The predicted molar refractivity (Wildman–Crippen MR) is 62.9 cm³/mol. The number of carbonyl (C=O) groups excluding carboxylic acids is 3. The second-order valence-electron chi connectivity index (χ2n) is 3.75. The molecule has 0 saturated heterocycles. The molecule has 0 spiro atoms. The first-order chi connectivity index (χ1) is 8.53. The molecule has 6 heteroatoms. The van der Waals surface area contributed by atoms with Crippen molar-refractivity contribution in [1.29, 1.82) is 0 Å². The lowest BCUT2D eigenvalue weighted by molar-refractivity contribution is -0.168. The highest BCUT2D eigenvalue weighted by Crippen LogP contribution is 2.15. The number of methoxy groups -OCH3 is 3. The van der Waals surface area contributed by atoms with Gasteiger partial charge in [0.1, 0.15) is 6.10 Å². The van der Waals surface area contributed by atoms with Crippen LogP contribution in [0.3, 0.4) is 0 Å². The Balaban J connectivity index is 4.97. The summed E-state index contributed by atoms with van der Waals surface area (Å²) in [4.78, 5) is 34.9. The predicted octanol–water partition coefficient (Wildman–Crippen LogP) is 0.723. The third-order valence-corrected chi connectivity index (χ3v) is 2.56. The first-order valence-corrected chi connectivity index (χ1v) is 5.74. The van der Waals surface area contributed by atoms with Crippen LogP contribution < -0.4 is 0 Å². The maximum Gasteiger partial charge on any atom is 0.323 e. The van der Waals surface area contributed by atoms with Crippen LogP contribution in [-0.4, -0.2) is 45.2 Å². The molecule has 0 aromatic heterocycles. The molecule has 0 radical (unpaired) electrons. The highest BCUT2D eigenvalue weighted by atomic mass is 16.6. The molecule has 0 saturated carbocycles. The molecule has 0 heterocycles. The van der Waals surface area contributed by atoms with Crippen LogP contribution in [0.2, 0.25) is 0 Å². The van der Waals surface area contributed by atoms with Crippen molar-refractivity contribution in [3.05, 3.63) is 0 Å². The molecular weight excluding hydrogens is 240 g/mol. The second kappa shape index (κ2) is 8.63. The Morgan fingerprint density at radius 1 is 1.00 bits per heavy atom. The van der Waals surface area contributed by atoms with Gasteiger partial charge in [-0.2, -0.15) is 0 Å². The van der Waals surface area contributed by atoms with E-state index < -0.39 is 24.0 Å². The minimum absolute atomic E-state index is 0.249. The van der Waals surface area contributed by atoms with Crippen molar-refractivity contribution in [2.45, 2.75) is 32.3 Å². The van der Waals surface area contributed by atoms with Crippen LogP contribution in [0.15, 0.2) is 0 Å². The van der Waals surface area contributed by atoms with Gasteiger partial charge in [0.05, 0.1) is 14.2 Å². The Kier molecular flexibility index (Phi) is 7.94. The van der Waals surface area contributed by atoms with Gasteiger partial charge < -0.3 is 14.2 Å². The maximum absolute atomic E-state index is 11.9. The van der Waals surface area contributed by atoms with Crippen molar-refractivity contribution in [2.24, 2.45) is 5.92 Å². The Hall–Kier alpha value is -1.43. The average molecular weight is 260 g/mol. The number of esters is 2. The molecule has 0 amide bonds. The summed E-state index contributed by atoms with van der Waals surface area (Å²) < 4.78 is 14.0. The molecule has 0 fully saturated rings. The Morgan fingerprint density at radius 3 is 1.83 bits per heavy atom. The quantitative estimate of drug-likeness (QED) is 0.472. The SMILES string of the molecule is CCCCC(=O)C(OC)C(C(=O)OC)C(=O)OC. The topological polar surface area (TPSA) is 78.9 Å². The second-order valence-corrected chi connectivity index (χ2v) is 3.75. The molecule has 0 aromatic rings. The van der Waals surface area contributed by atoms with Gasteiger partial charge in [-0.1, -0.05) is 13.3 Å². The lowest BCUT2D eigenvalue weighted by Crippen LogP contribution is -2.42. The van der Waals surface area contributed by atoms with Gasteiger partial charge in [0.25, 0.3) is 0 Å². The summed E-state index contributed by atoms with van der Waals surface area (Å²) in [5, 5.41) is 0. The molecule has 104 valence electrons. The molecule has 1 atom stereocenters. The summed E-state index contributed by atoms with van der Waals surface area (Å²) in [6, 6.07) is 0. The van der Waals surface area contributed by atoms with E-state index in [-0.39, 0.29) is 12.2 Å². The molecule has 0 aromatic carbocycles. The molecule has 0 aliphatic carbocycles. The van der Waals surface area contributed by atoms with Crippen LogP contribution in [0, 0.1) is 5.92 Å². The summed E-state index contributed by atoms with van der Waals surface area (Å²) in [5.41, 5.74) is 0. The molecule has 0 aliphatic heterocycles. The monoisotopic (exact) mass is 260 g/mol. The zero-order valence-corrected chi connectivity index (χ0v) is 11.2. The van der Waals surface area contributed by atoms with Gasteiger partial charge in [0, 0.05) is 13.5 Å². The van der Waals surface area contributed by atoms with E-state index in [0.29, 0.717) is 6.42 Å². The highest BCUT2D eigenvalue weighted by molar-refractivity contribution is 6.01. The van der Waals surface area contributed by atoms with E-state index in [0.717, 1.165) is 20.6 Å². The zero-order valence-electron chi connectivity index (χ0n) is 11.2. The van der Waals surface area contributed by atoms with Crippen molar-refractivity contribution in [3.63, 3.8) is 0 Å². The maximum atomic E-state index is 11.9. The minimum atomic E-state index is -1.37. The Bertz CT molecular complexity index is 283. The summed E-state index contributed by atoms with van der Waals surface area (Å²) in [5.74, 6) is -3.34. The first kappa shape index (κ1) is 16.6. The molecule has 0 rings (SSSR count). The largest absolute Gasteiger partial charge is 0.468 e. The number of ether oxygens (including phenoxy) is 3. The average Bonchev–Trinajstić information content (AvgIpc) is 2.40. The molecule has 0 bridgehead atoms. The van der Waals surface area contributed by atoms with E-state index in [1.807, 2.05) is 6.92 Å². The van der Waals surface area contributed by atoms with Gasteiger partial charge in [-0.3, -0.25) is 14.4 Å². The minimum Gasteiger partial charge on any atom is -0.468 e. The van der Waals surface area contributed by atoms with Crippen molar-refractivity contribution in [1.82, 2.24) is 0 Å². The Labute approximate surface area is 107 Å². The summed E-state index contributed by atoms with van der Waals surface area (Å²) in [7, 11) is 3.55. The van der Waals surface area contributed by atoms with Crippen molar-refractivity contribution in [3.8, 4) is 0 Å². The number of ketones is 1. The first-order valence-electron chi connectivity index (χ1n) is 5.74. The van der Waals surface area contributed by atoms with Crippen molar-refractivity contribution in [2.75, 3.05) is 21.3 Å². The number of hydrogen-bond donors (Lipinski definition) is 0. The number of rotatable bonds is 8. The van der Waals surface area contributed by atoms with Gasteiger partial charge in [0.15, 0.2) is 11.7 Å². The van der Waals surface area contributed by atoms with Crippen molar-refractivity contribution < 1.29 is 28.6 Å². The van der Waals surface area contributed by atoms with Gasteiger partial charge in [0.2, 0.25) is 0 Å². The van der Waals surface area contributed by atoms with E-state index in [2.05, 4.69) is 9.47 Å². The van der Waals surface area contributed by atoms with Crippen molar-refractivity contribution >= 4 is 17.7 Å². The lowest BCUT2D eigenvalue weighted by atomic mass is 9.96. The standard InChI is InChI=1S/C12H20O6/c1-5-6-7-8(13)10(16-2)9(11(14)17-3)12(15)18-4/h9-10H,5-7H2,1-4H3. The summed E-state index contributed by atoms with van der Waals surface area (Å²) >= 11 is 0. The van der Waals surface area contributed by atoms with Gasteiger partial charge >= 0.3 is 11.9 Å². The molecule has 18 heavy (non-hydrogen) atoms.